The van der Waals surface area contributed by atoms with E-state index < -0.39 is 11.6 Å². The van der Waals surface area contributed by atoms with E-state index in [-0.39, 0.29) is 0 Å². The fourth-order valence-electron chi connectivity index (χ4n) is 2.77. The number of imidazole rings is 1. The number of aryl methyl sites for hydroxylation is 2. The van der Waals surface area contributed by atoms with Crippen molar-refractivity contribution >= 4 is 0 Å². The molecule has 1 heterocycles. The summed E-state index contributed by atoms with van der Waals surface area (Å²) in [5, 5.41) is 0. The van der Waals surface area contributed by atoms with Crippen molar-refractivity contribution in [1.82, 2.24) is 9.55 Å². The summed E-state index contributed by atoms with van der Waals surface area (Å²) < 4.78 is 28.7. The topological polar surface area (TPSA) is 17.8 Å². The molecule has 2 aromatic rings. The first kappa shape index (κ1) is 12.3. The van der Waals surface area contributed by atoms with Crippen LogP contribution in [0.1, 0.15) is 35.6 Å². The van der Waals surface area contributed by atoms with Crippen LogP contribution in [-0.2, 0) is 19.4 Å². The molecule has 2 nitrogen and oxygen atoms in total. The van der Waals surface area contributed by atoms with Crippen molar-refractivity contribution in [2.24, 2.45) is 0 Å². The molecule has 4 heteroatoms. The van der Waals surface area contributed by atoms with Gasteiger partial charge in [-0.25, -0.2) is 13.8 Å². The zero-order chi connectivity index (χ0) is 13.4. The molecule has 0 aliphatic heterocycles. The second kappa shape index (κ2) is 4.76. The van der Waals surface area contributed by atoms with Gasteiger partial charge in [-0.1, -0.05) is 6.07 Å². The predicted molar refractivity (Wildman–Crippen MR) is 69.1 cm³/mol. The van der Waals surface area contributed by atoms with Crippen molar-refractivity contribution < 1.29 is 8.78 Å². The minimum Gasteiger partial charge on any atom is -0.327 e. The molecule has 0 fully saturated rings. The van der Waals surface area contributed by atoms with Crippen LogP contribution in [-0.4, -0.2) is 9.55 Å². The zero-order valence-electron chi connectivity index (χ0n) is 10.9. The number of aromatic nitrogens is 2. The molecule has 100 valence electrons. The van der Waals surface area contributed by atoms with Gasteiger partial charge < -0.3 is 4.57 Å². The summed E-state index contributed by atoms with van der Waals surface area (Å²) in [5.41, 5.74) is 2.87. The van der Waals surface area contributed by atoms with Crippen LogP contribution in [0.3, 0.4) is 0 Å². The van der Waals surface area contributed by atoms with Crippen LogP contribution in [0.4, 0.5) is 8.78 Å². The number of hydrogen-bond donors (Lipinski definition) is 0. The van der Waals surface area contributed by atoms with Gasteiger partial charge in [0.1, 0.15) is 17.5 Å². The molecular formula is C15H16F2N2. The van der Waals surface area contributed by atoms with Gasteiger partial charge in [-0.3, -0.25) is 0 Å². The first-order chi connectivity index (χ1) is 9.15. The molecular weight excluding hydrogens is 246 g/mol. The minimum atomic E-state index is -0.536. The van der Waals surface area contributed by atoms with E-state index in [1.54, 1.807) is 0 Å². The summed E-state index contributed by atoms with van der Waals surface area (Å²) >= 11 is 0. The van der Waals surface area contributed by atoms with Gasteiger partial charge in [-0.2, -0.15) is 0 Å². The summed E-state index contributed by atoms with van der Waals surface area (Å²) in [7, 11) is 0. The van der Waals surface area contributed by atoms with E-state index in [0.717, 1.165) is 36.8 Å². The average molecular weight is 262 g/mol. The maximum absolute atomic E-state index is 13.7. The molecule has 0 unspecified atom stereocenters. The molecule has 0 saturated carbocycles. The van der Waals surface area contributed by atoms with Gasteiger partial charge in [0.2, 0.25) is 0 Å². The quantitative estimate of drug-likeness (QED) is 0.811. The van der Waals surface area contributed by atoms with Gasteiger partial charge in [0.15, 0.2) is 0 Å². The van der Waals surface area contributed by atoms with Crippen molar-refractivity contribution in [3.05, 3.63) is 52.6 Å². The van der Waals surface area contributed by atoms with E-state index in [4.69, 9.17) is 0 Å². The van der Waals surface area contributed by atoms with Crippen LogP contribution < -0.4 is 0 Å². The van der Waals surface area contributed by atoms with Crippen LogP contribution in [0.25, 0.3) is 0 Å². The van der Waals surface area contributed by atoms with Crippen molar-refractivity contribution in [2.75, 3.05) is 0 Å². The Morgan fingerprint density at radius 1 is 1.21 bits per heavy atom. The largest absolute Gasteiger partial charge is 0.327 e. The Balaban J connectivity index is 1.97. The first-order valence-electron chi connectivity index (χ1n) is 6.64. The lowest BCUT2D eigenvalue weighted by Gasteiger charge is -2.15. The Labute approximate surface area is 111 Å². The lowest BCUT2D eigenvalue weighted by atomic mass is 10.0. The number of fused-ring (bicyclic) bond motifs is 1. The van der Waals surface area contributed by atoms with Crippen molar-refractivity contribution in [2.45, 2.75) is 39.2 Å². The summed E-state index contributed by atoms with van der Waals surface area (Å²) in [6, 6.07) is 3.75. The Bertz CT molecular complexity index is 617. The zero-order valence-corrected chi connectivity index (χ0v) is 10.9. The molecule has 3 rings (SSSR count). The molecule has 1 aromatic carbocycles. The molecule has 0 saturated heterocycles. The maximum Gasteiger partial charge on any atom is 0.131 e. The monoisotopic (exact) mass is 262 g/mol. The van der Waals surface area contributed by atoms with E-state index in [0.29, 0.717) is 12.1 Å². The summed E-state index contributed by atoms with van der Waals surface area (Å²) in [4.78, 5) is 4.56. The summed E-state index contributed by atoms with van der Waals surface area (Å²) in [6.45, 7) is 2.38. The van der Waals surface area contributed by atoms with E-state index in [2.05, 4.69) is 9.55 Å². The van der Waals surface area contributed by atoms with Gasteiger partial charge in [0, 0.05) is 17.3 Å². The number of halogens is 2. The third kappa shape index (κ3) is 2.27. The molecule has 1 aromatic heterocycles. The SMILES string of the molecule is Cc1nc2c(n1Cc1ccc(F)cc1F)CCCC2. The van der Waals surface area contributed by atoms with Crippen LogP contribution >= 0.6 is 0 Å². The van der Waals surface area contributed by atoms with Gasteiger partial charge in [-0.05, 0) is 38.7 Å². The van der Waals surface area contributed by atoms with Crippen LogP contribution in [0.2, 0.25) is 0 Å². The molecule has 0 N–H and O–H groups in total. The van der Waals surface area contributed by atoms with Crippen LogP contribution in [0.5, 0.6) is 0 Å². The van der Waals surface area contributed by atoms with Crippen molar-refractivity contribution in [3.8, 4) is 0 Å². The first-order valence-corrected chi connectivity index (χ1v) is 6.64. The number of rotatable bonds is 2. The lowest BCUT2D eigenvalue weighted by molar-refractivity contribution is 0.558. The predicted octanol–water partition coefficient (Wildman–Crippen LogP) is 3.40. The number of benzene rings is 1. The highest BCUT2D eigenvalue weighted by molar-refractivity contribution is 5.24. The second-order valence-electron chi connectivity index (χ2n) is 5.08. The normalized spacial score (nSPS) is 14.5. The van der Waals surface area contributed by atoms with Crippen molar-refractivity contribution in [1.29, 1.82) is 0 Å². The van der Waals surface area contributed by atoms with E-state index in [1.807, 2.05) is 6.92 Å². The van der Waals surface area contributed by atoms with Crippen LogP contribution in [0.15, 0.2) is 18.2 Å². The number of nitrogens with zero attached hydrogens (tertiary/aromatic N) is 2. The highest BCUT2D eigenvalue weighted by Gasteiger charge is 2.18. The molecule has 0 radical (unpaired) electrons. The highest BCUT2D eigenvalue weighted by atomic mass is 19.1. The van der Waals surface area contributed by atoms with Gasteiger partial charge >= 0.3 is 0 Å². The Morgan fingerprint density at radius 2 is 2.00 bits per heavy atom. The molecule has 0 atom stereocenters. The van der Waals surface area contributed by atoms with Gasteiger partial charge in [0.25, 0.3) is 0 Å². The van der Waals surface area contributed by atoms with Crippen molar-refractivity contribution in [3.63, 3.8) is 0 Å². The molecule has 0 bridgehead atoms. The molecule has 1 aliphatic carbocycles. The van der Waals surface area contributed by atoms with E-state index in [9.17, 15) is 8.78 Å². The maximum atomic E-state index is 13.7. The average Bonchev–Trinajstić information content (AvgIpc) is 2.69. The Kier molecular flexibility index (Phi) is 3.09. The van der Waals surface area contributed by atoms with E-state index >= 15 is 0 Å². The molecule has 1 aliphatic rings. The third-order valence-electron chi connectivity index (χ3n) is 3.77. The van der Waals surface area contributed by atoms with E-state index in [1.165, 1.54) is 24.2 Å². The minimum absolute atomic E-state index is 0.431. The molecule has 19 heavy (non-hydrogen) atoms. The Morgan fingerprint density at radius 3 is 2.79 bits per heavy atom. The fourth-order valence-corrected chi connectivity index (χ4v) is 2.77. The number of hydrogen-bond acceptors (Lipinski definition) is 1. The molecule has 0 amide bonds. The van der Waals surface area contributed by atoms with Gasteiger partial charge in [-0.15, -0.1) is 0 Å². The summed E-state index contributed by atoms with van der Waals surface area (Å²) in [6.07, 6.45) is 4.34. The third-order valence-corrected chi connectivity index (χ3v) is 3.77. The van der Waals surface area contributed by atoms with Gasteiger partial charge in [0.05, 0.1) is 12.2 Å². The fraction of sp³-hybridized carbons (Fsp3) is 0.400. The van der Waals surface area contributed by atoms with Crippen LogP contribution in [0, 0.1) is 18.6 Å². The highest BCUT2D eigenvalue weighted by Crippen LogP contribution is 2.23. The summed E-state index contributed by atoms with van der Waals surface area (Å²) in [5.74, 6) is -0.112. The smallest absolute Gasteiger partial charge is 0.131 e. The standard InChI is InChI=1S/C15H16F2N2/c1-10-18-14-4-2-3-5-15(14)19(10)9-11-6-7-12(16)8-13(11)17/h6-8H,2-5,9H2,1H3. The second-order valence-corrected chi connectivity index (χ2v) is 5.08. The Hall–Kier alpha value is -1.71. The lowest BCUT2D eigenvalue weighted by Crippen LogP contribution is -2.11. The molecule has 0 spiro atoms.